The number of halogens is 4. The number of nitrogens with two attached hydrogens (primary N) is 1. The van der Waals surface area contributed by atoms with Gasteiger partial charge in [0, 0.05) is 19.0 Å². The zero-order valence-electron chi connectivity index (χ0n) is 13.4. The molecule has 136 valence electrons. The molecule has 8 heteroatoms. The van der Waals surface area contributed by atoms with E-state index in [2.05, 4.69) is 5.32 Å². The van der Waals surface area contributed by atoms with E-state index in [9.17, 15) is 18.0 Å². The molecule has 24 heavy (non-hydrogen) atoms. The maximum absolute atomic E-state index is 13.1. The Morgan fingerprint density at radius 2 is 2.08 bits per heavy atom. The van der Waals surface area contributed by atoms with Crippen molar-refractivity contribution in [2.75, 3.05) is 7.11 Å². The fourth-order valence-corrected chi connectivity index (χ4v) is 2.92. The van der Waals surface area contributed by atoms with Gasteiger partial charge in [0.05, 0.1) is 12.7 Å². The van der Waals surface area contributed by atoms with E-state index < -0.39 is 11.7 Å². The molecule has 1 aliphatic carbocycles. The molecular weight excluding hydrogens is 345 g/mol. The van der Waals surface area contributed by atoms with Gasteiger partial charge < -0.3 is 15.8 Å². The van der Waals surface area contributed by atoms with Crippen LogP contribution >= 0.6 is 12.4 Å². The quantitative estimate of drug-likeness (QED) is 0.840. The van der Waals surface area contributed by atoms with Crippen molar-refractivity contribution < 1.29 is 22.7 Å². The van der Waals surface area contributed by atoms with Crippen LogP contribution in [0.4, 0.5) is 13.2 Å². The molecule has 0 aliphatic heterocycles. The average Bonchev–Trinajstić information content (AvgIpc) is 2.89. The van der Waals surface area contributed by atoms with Crippen molar-refractivity contribution >= 4 is 18.3 Å². The van der Waals surface area contributed by atoms with Gasteiger partial charge in [0.15, 0.2) is 0 Å². The van der Waals surface area contributed by atoms with Crippen molar-refractivity contribution in [2.24, 2.45) is 11.7 Å². The number of ether oxygens (including phenoxy) is 1. The van der Waals surface area contributed by atoms with Crippen LogP contribution < -0.4 is 15.8 Å². The Kier molecular flexibility index (Phi) is 7.35. The van der Waals surface area contributed by atoms with Gasteiger partial charge in [-0.25, -0.2) is 0 Å². The highest BCUT2D eigenvalue weighted by molar-refractivity contribution is 5.85. The van der Waals surface area contributed by atoms with Crippen molar-refractivity contribution in [3.63, 3.8) is 0 Å². The van der Waals surface area contributed by atoms with Crippen LogP contribution in [0.15, 0.2) is 18.2 Å². The van der Waals surface area contributed by atoms with Gasteiger partial charge in [0.2, 0.25) is 5.91 Å². The smallest absolute Gasteiger partial charge is 0.416 e. The Hall–Kier alpha value is -1.47. The lowest BCUT2D eigenvalue weighted by Gasteiger charge is -2.17. The molecule has 1 aromatic rings. The second-order valence-electron chi connectivity index (χ2n) is 5.86. The summed E-state index contributed by atoms with van der Waals surface area (Å²) in [6.07, 6.45) is -1.45. The van der Waals surface area contributed by atoms with Crippen LogP contribution in [0.25, 0.3) is 0 Å². The normalized spacial score (nSPS) is 20.4. The van der Waals surface area contributed by atoms with Gasteiger partial charge in [-0.2, -0.15) is 13.2 Å². The van der Waals surface area contributed by atoms with Gasteiger partial charge in [0.1, 0.15) is 5.75 Å². The average molecular weight is 367 g/mol. The molecule has 1 aromatic carbocycles. The summed E-state index contributed by atoms with van der Waals surface area (Å²) >= 11 is 0. The molecule has 2 atom stereocenters. The number of carbonyl (C=O) groups excluding carboxylic acids is 1. The van der Waals surface area contributed by atoms with Crippen molar-refractivity contribution in [3.8, 4) is 5.75 Å². The number of alkyl halides is 3. The standard InChI is InChI=1S/C16H21F3N2O2.ClH/c1-23-12-6-5-11(13(8-12)16(17,18)19)9-21-15(22)7-10-3-2-4-14(10)20;/h5-6,8,10,14H,2-4,7,9,20H2,1H3,(H,21,22);1H/t10-,14+;/m0./s1. The van der Waals surface area contributed by atoms with Gasteiger partial charge in [-0.1, -0.05) is 12.5 Å². The fourth-order valence-electron chi connectivity index (χ4n) is 2.92. The van der Waals surface area contributed by atoms with E-state index in [1.54, 1.807) is 0 Å². The van der Waals surface area contributed by atoms with E-state index >= 15 is 0 Å². The molecule has 0 saturated heterocycles. The minimum Gasteiger partial charge on any atom is -0.497 e. The fraction of sp³-hybridized carbons (Fsp3) is 0.562. The molecule has 1 saturated carbocycles. The summed E-state index contributed by atoms with van der Waals surface area (Å²) < 4.78 is 44.1. The van der Waals surface area contributed by atoms with E-state index in [1.807, 2.05) is 0 Å². The predicted molar refractivity (Wildman–Crippen MR) is 87.0 cm³/mol. The van der Waals surface area contributed by atoms with Gasteiger partial charge in [-0.05, 0) is 36.5 Å². The largest absolute Gasteiger partial charge is 0.497 e. The lowest BCUT2D eigenvalue weighted by atomic mass is 9.99. The maximum Gasteiger partial charge on any atom is 0.416 e. The third-order valence-corrected chi connectivity index (χ3v) is 4.26. The summed E-state index contributed by atoms with van der Waals surface area (Å²) in [6.45, 7) is -0.167. The third-order valence-electron chi connectivity index (χ3n) is 4.26. The van der Waals surface area contributed by atoms with Gasteiger partial charge in [-0.3, -0.25) is 4.79 Å². The van der Waals surface area contributed by atoms with E-state index in [1.165, 1.54) is 19.2 Å². The minimum atomic E-state index is -4.50. The monoisotopic (exact) mass is 366 g/mol. The maximum atomic E-state index is 13.1. The van der Waals surface area contributed by atoms with Crippen LogP contribution in [0.1, 0.15) is 36.8 Å². The van der Waals surface area contributed by atoms with Crippen LogP contribution in [0.2, 0.25) is 0 Å². The second-order valence-corrected chi connectivity index (χ2v) is 5.86. The summed E-state index contributed by atoms with van der Waals surface area (Å²) in [5.41, 5.74) is 5.12. The molecule has 0 radical (unpaired) electrons. The highest BCUT2D eigenvalue weighted by Gasteiger charge is 2.34. The molecular formula is C16H22ClF3N2O2. The van der Waals surface area contributed by atoms with E-state index in [4.69, 9.17) is 10.5 Å². The number of hydrogen-bond donors (Lipinski definition) is 2. The first-order chi connectivity index (χ1) is 10.8. The lowest BCUT2D eigenvalue weighted by molar-refractivity contribution is -0.138. The van der Waals surface area contributed by atoms with Crippen molar-refractivity contribution in [3.05, 3.63) is 29.3 Å². The first-order valence-electron chi connectivity index (χ1n) is 7.57. The molecule has 0 spiro atoms. The van der Waals surface area contributed by atoms with Crippen LogP contribution in [0.5, 0.6) is 5.75 Å². The second kappa shape index (κ2) is 8.58. The first-order valence-corrected chi connectivity index (χ1v) is 7.57. The van der Waals surface area contributed by atoms with Crippen LogP contribution in [0, 0.1) is 5.92 Å². The molecule has 0 unspecified atom stereocenters. The zero-order valence-corrected chi connectivity index (χ0v) is 14.2. The summed E-state index contributed by atoms with van der Waals surface area (Å²) in [6, 6.07) is 3.72. The highest BCUT2D eigenvalue weighted by Crippen LogP contribution is 2.34. The first kappa shape index (κ1) is 20.6. The molecule has 3 N–H and O–H groups in total. The van der Waals surface area contributed by atoms with E-state index in [0.29, 0.717) is 0 Å². The van der Waals surface area contributed by atoms with Gasteiger partial charge >= 0.3 is 6.18 Å². The van der Waals surface area contributed by atoms with Crippen molar-refractivity contribution in [1.29, 1.82) is 0 Å². The molecule has 1 aliphatic rings. The van der Waals surface area contributed by atoms with Gasteiger partial charge in [0.25, 0.3) is 0 Å². The zero-order chi connectivity index (χ0) is 17.0. The Labute approximate surface area is 145 Å². The number of hydrogen-bond acceptors (Lipinski definition) is 3. The lowest BCUT2D eigenvalue weighted by Crippen LogP contribution is -2.31. The van der Waals surface area contributed by atoms with Gasteiger partial charge in [-0.15, -0.1) is 12.4 Å². The topological polar surface area (TPSA) is 64.3 Å². The number of rotatable bonds is 5. The Morgan fingerprint density at radius 1 is 1.38 bits per heavy atom. The predicted octanol–water partition coefficient (Wildman–Crippen LogP) is 3.27. The van der Waals surface area contributed by atoms with Crippen LogP contribution in [0.3, 0.4) is 0 Å². The molecule has 4 nitrogen and oxygen atoms in total. The molecule has 0 aromatic heterocycles. The summed E-state index contributed by atoms with van der Waals surface area (Å²) in [5.74, 6) is -0.0198. The SMILES string of the molecule is COc1ccc(CNC(=O)C[C@@H]2CCC[C@H]2N)c(C(F)(F)F)c1.Cl. The highest BCUT2D eigenvalue weighted by atomic mass is 35.5. The van der Waals surface area contributed by atoms with Crippen LogP contribution in [-0.4, -0.2) is 19.1 Å². The summed E-state index contributed by atoms with van der Waals surface area (Å²) in [7, 11) is 1.31. The summed E-state index contributed by atoms with van der Waals surface area (Å²) in [5, 5.41) is 2.56. The molecule has 1 fully saturated rings. The number of nitrogens with one attached hydrogen (secondary N) is 1. The van der Waals surface area contributed by atoms with E-state index in [0.717, 1.165) is 25.3 Å². The molecule has 1 amide bonds. The number of benzene rings is 1. The summed E-state index contributed by atoms with van der Waals surface area (Å²) in [4.78, 5) is 11.9. The Bertz CT molecular complexity index is 567. The van der Waals surface area contributed by atoms with Crippen LogP contribution in [-0.2, 0) is 17.5 Å². The third kappa shape index (κ3) is 5.27. The number of amides is 1. The molecule has 2 rings (SSSR count). The van der Waals surface area contributed by atoms with Crippen molar-refractivity contribution in [1.82, 2.24) is 5.32 Å². The Morgan fingerprint density at radius 3 is 2.62 bits per heavy atom. The van der Waals surface area contributed by atoms with E-state index in [-0.39, 0.29) is 54.6 Å². The molecule has 0 bridgehead atoms. The molecule has 0 heterocycles. The minimum absolute atomic E-state index is 0. The number of methoxy groups -OCH3 is 1. The Balaban J connectivity index is 0.00000288. The number of carbonyl (C=O) groups is 1. The van der Waals surface area contributed by atoms with Crippen molar-refractivity contribution in [2.45, 2.75) is 44.4 Å².